The van der Waals surface area contributed by atoms with Gasteiger partial charge < -0.3 is 14.2 Å². The number of carbonyl (C=O) groups is 3. The molecule has 2 aromatic carbocycles. The molecule has 166 valence electrons. The van der Waals surface area contributed by atoms with Crippen molar-refractivity contribution in [1.29, 1.82) is 0 Å². The number of amides is 2. The number of hydrazine groups is 1. The highest BCUT2D eigenvalue weighted by atomic mass is 16.6. The zero-order chi connectivity index (χ0) is 22.9. The van der Waals surface area contributed by atoms with E-state index in [0.29, 0.717) is 0 Å². The molecule has 8 nitrogen and oxygen atoms in total. The largest absolute Gasteiger partial charge is 0.467 e. The number of esters is 1. The summed E-state index contributed by atoms with van der Waals surface area (Å²) in [6.45, 7) is 5.02. The van der Waals surface area contributed by atoms with E-state index < -0.39 is 29.8 Å². The molecule has 1 atom stereocenters. The van der Waals surface area contributed by atoms with E-state index in [9.17, 15) is 14.4 Å². The quantitative estimate of drug-likeness (QED) is 0.427. The molecule has 31 heavy (non-hydrogen) atoms. The Hall–Kier alpha value is -3.55. The van der Waals surface area contributed by atoms with Gasteiger partial charge in [0.2, 0.25) is 0 Å². The summed E-state index contributed by atoms with van der Waals surface area (Å²) in [5, 5.41) is 0.815. The van der Waals surface area contributed by atoms with Crippen LogP contribution in [0, 0.1) is 0 Å². The van der Waals surface area contributed by atoms with Crippen LogP contribution in [0.1, 0.15) is 31.9 Å². The number of rotatable bonds is 6. The molecule has 0 heterocycles. The van der Waals surface area contributed by atoms with Crippen LogP contribution in [0.3, 0.4) is 0 Å². The molecular formula is C23H28N2O6. The highest BCUT2D eigenvalue weighted by Gasteiger charge is 2.35. The van der Waals surface area contributed by atoms with E-state index in [1.807, 2.05) is 36.4 Å². The fourth-order valence-corrected chi connectivity index (χ4v) is 2.69. The molecule has 0 aliphatic carbocycles. The molecule has 1 unspecified atom stereocenters. The molecule has 0 saturated carbocycles. The number of methoxy groups -OCH3 is 1. The highest BCUT2D eigenvalue weighted by Crippen LogP contribution is 2.14. The molecule has 0 aliphatic rings. The SMILES string of the molecule is COC(=O)C(Cc1ccccc1)N(NC(=O)OC(C)(C)C)C(=O)OCc1ccccc1. The molecule has 0 saturated heterocycles. The second-order valence-corrected chi connectivity index (χ2v) is 7.75. The summed E-state index contributed by atoms with van der Waals surface area (Å²) in [7, 11) is 1.21. The molecule has 0 aromatic heterocycles. The van der Waals surface area contributed by atoms with Gasteiger partial charge in [-0.3, -0.25) is 0 Å². The number of hydrogen-bond donors (Lipinski definition) is 1. The van der Waals surface area contributed by atoms with Crippen LogP contribution in [0.2, 0.25) is 0 Å². The van der Waals surface area contributed by atoms with Gasteiger partial charge in [-0.25, -0.2) is 24.8 Å². The molecule has 1 N–H and O–H groups in total. The first-order valence-electron chi connectivity index (χ1n) is 9.81. The summed E-state index contributed by atoms with van der Waals surface area (Å²) >= 11 is 0. The van der Waals surface area contributed by atoms with Gasteiger partial charge in [-0.15, -0.1) is 0 Å². The van der Waals surface area contributed by atoms with Crippen LogP contribution in [0.15, 0.2) is 60.7 Å². The maximum atomic E-state index is 12.9. The van der Waals surface area contributed by atoms with E-state index in [1.165, 1.54) is 7.11 Å². The summed E-state index contributed by atoms with van der Waals surface area (Å²) in [6.07, 6.45) is -1.71. The minimum absolute atomic E-state index is 0.0363. The average Bonchev–Trinajstić information content (AvgIpc) is 2.74. The summed E-state index contributed by atoms with van der Waals surface area (Å²) in [4.78, 5) is 37.8. The van der Waals surface area contributed by atoms with Crippen molar-refractivity contribution in [2.24, 2.45) is 0 Å². The summed E-state index contributed by atoms with van der Waals surface area (Å²) in [5.74, 6) is -0.712. The lowest BCUT2D eigenvalue weighted by Gasteiger charge is -2.30. The highest BCUT2D eigenvalue weighted by molar-refractivity contribution is 5.83. The standard InChI is InChI=1S/C23H28N2O6/c1-23(2,3)31-21(27)24-25(22(28)30-16-18-13-9-6-10-14-18)19(20(26)29-4)15-17-11-7-5-8-12-17/h5-14,19H,15-16H2,1-4H3,(H,24,27). The van der Waals surface area contributed by atoms with E-state index in [-0.39, 0.29) is 13.0 Å². The molecule has 0 aliphatic heterocycles. The predicted molar refractivity (Wildman–Crippen MR) is 114 cm³/mol. The van der Waals surface area contributed by atoms with Crippen molar-refractivity contribution in [3.8, 4) is 0 Å². The zero-order valence-electron chi connectivity index (χ0n) is 18.2. The second-order valence-electron chi connectivity index (χ2n) is 7.75. The van der Waals surface area contributed by atoms with Crippen LogP contribution >= 0.6 is 0 Å². The van der Waals surface area contributed by atoms with Crippen LogP contribution in [-0.2, 0) is 32.0 Å². The third-order valence-electron chi connectivity index (χ3n) is 4.07. The minimum Gasteiger partial charge on any atom is -0.467 e. The molecule has 2 rings (SSSR count). The van der Waals surface area contributed by atoms with Gasteiger partial charge >= 0.3 is 18.2 Å². The summed E-state index contributed by atoms with van der Waals surface area (Å²) in [5.41, 5.74) is 3.06. The van der Waals surface area contributed by atoms with Crippen molar-refractivity contribution in [2.75, 3.05) is 7.11 Å². The number of carbonyl (C=O) groups excluding carboxylic acids is 3. The third kappa shape index (κ3) is 8.00. The molecule has 2 aromatic rings. The molecule has 0 bridgehead atoms. The lowest BCUT2D eigenvalue weighted by atomic mass is 10.1. The molecule has 0 radical (unpaired) electrons. The van der Waals surface area contributed by atoms with Gasteiger partial charge in [0.1, 0.15) is 12.2 Å². The lowest BCUT2D eigenvalue weighted by Crippen LogP contribution is -2.56. The predicted octanol–water partition coefficient (Wildman–Crippen LogP) is 3.85. The Morgan fingerprint density at radius 2 is 1.48 bits per heavy atom. The molecule has 0 spiro atoms. The van der Waals surface area contributed by atoms with E-state index in [2.05, 4.69) is 5.43 Å². The van der Waals surface area contributed by atoms with Crippen LogP contribution in [0.5, 0.6) is 0 Å². The maximum Gasteiger partial charge on any atom is 0.429 e. The maximum absolute atomic E-state index is 12.9. The van der Waals surface area contributed by atoms with Crippen molar-refractivity contribution in [3.05, 3.63) is 71.8 Å². The van der Waals surface area contributed by atoms with Gasteiger partial charge in [0.05, 0.1) is 7.11 Å². The fraction of sp³-hybridized carbons (Fsp3) is 0.348. The van der Waals surface area contributed by atoms with Crippen molar-refractivity contribution in [2.45, 2.75) is 45.4 Å². The van der Waals surface area contributed by atoms with Gasteiger partial charge in [0.15, 0.2) is 6.04 Å². The number of nitrogens with one attached hydrogen (secondary N) is 1. The van der Waals surface area contributed by atoms with Gasteiger partial charge in [-0.2, -0.15) is 0 Å². The first kappa shape index (κ1) is 23.7. The first-order chi connectivity index (χ1) is 14.7. The fourth-order valence-electron chi connectivity index (χ4n) is 2.69. The Kier molecular flexibility index (Phi) is 8.43. The van der Waals surface area contributed by atoms with Gasteiger partial charge in [-0.1, -0.05) is 60.7 Å². The average molecular weight is 428 g/mol. The zero-order valence-corrected chi connectivity index (χ0v) is 18.2. The summed E-state index contributed by atoms with van der Waals surface area (Å²) in [6, 6.07) is 16.9. The molecule has 0 fully saturated rings. The Labute approximate surface area is 182 Å². The Morgan fingerprint density at radius 1 is 0.935 bits per heavy atom. The number of hydrogen-bond acceptors (Lipinski definition) is 6. The molecular weight excluding hydrogens is 400 g/mol. The van der Waals surface area contributed by atoms with Crippen molar-refractivity contribution in [3.63, 3.8) is 0 Å². The van der Waals surface area contributed by atoms with Crippen LogP contribution in [0.4, 0.5) is 9.59 Å². The third-order valence-corrected chi connectivity index (χ3v) is 4.07. The van der Waals surface area contributed by atoms with Crippen LogP contribution in [0.25, 0.3) is 0 Å². The van der Waals surface area contributed by atoms with Gasteiger partial charge in [0.25, 0.3) is 0 Å². The summed E-state index contributed by atoms with van der Waals surface area (Å²) < 4.78 is 15.5. The normalized spacial score (nSPS) is 11.7. The molecule has 2 amide bonds. The number of benzene rings is 2. The topological polar surface area (TPSA) is 94.2 Å². The van der Waals surface area contributed by atoms with Crippen LogP contribution in [-0.4, -0.2) is 41.9 Å². The van der Waals surface area contributed by atoms with Gasteiger partial charge in [0, 0.05) is 6.42 Å². The first-order valence-corrected chi connectivity index (χ1v) is 9.81. The number of nitrogens with zero attached hydrogens (tertiary/aromatic N) is 1. The van der Waals surface area contributed by atoms with E-state index in [4.69, 9.17) is 14.2 Å². The monoisotopic (exact) mass is 428 g/mol. The van der Waals surface area contributed by atoms with Crippen molar-refractivity contribution >= 4 is 18.2 Å². The molecule has 8 heteroatoms. The van der Waals surface area contributed by atoms with Gasteiger partial charge in [-0.05, 0) is 31.9 Å². The Bertz CT molecular complexity index is 865. The number of ether oxygens (including phenoxy) is 3. The van der Waals surface area contributed by atoms with Crippen LogP contribution < -0.4 is 5.43 Å². The Balaban J connectivity index is 2.26. The lowest BCUT2D eigenvalue weighted by molar-refractivity contribution is -0.147. The van der Waals surface area contributed by atoms with E-state index >= 15 is 0 Å². The van der Waals surface area contributed by atoms with E-state index in [0.717, 1.165) is 16.1 Å². The Morgan fingerprint density at radius 3 is 2.00 bits per heavy atom. The minimum atomic E-state index is -1.16. The van der Waals surface area contributed by atoms with E-state index in [1.54, 1.807) is 45.0 Å². The second kappa shape index (κ2) is 11.0. The van der Waals surface area contributed by atoms with Crippen molar-refractivity contribution < 1.29 is 28.6 Å². The van der Waals surface area contributed by atoms with Crippen molar-refractivity contribution in [1.82, 2.24) is 10.4 Å². The smallest absolute Gasteiger partial charge is 0.429 e.